The van der Waals surface area contributed by atoms with Gasteiger partial charge in [-0.15, -0.1) is 0 Å². The summed E-state index contributed by atoms with van der Waals surface area (Å²) >= 11 is 0. The standard InChI is InChI=1S/C8H16O2/c1-3-4-5-10-7-8(2)6-9/h6,8H,3-5,7H2,1-2H3/t8-/m0/s1. The van der Waals surface area contributed by atoms with Gasteiger partial charge in [-0.3, -0.25) is 0 Å². The summed E-state index contributed by atoms with van der Waals surface area (Å²) in [7, 11) is 0. The SMILES string of the molecule is CCCCOC[C@@H](C)C=O. The fourth-order valence-electron chi connectivity index (χ4n) is 0.555. The molecule has 0 rings (SSSR count). The third-order valence-electron chi connectivity index (χ3n) is 1.26. The Morgan fingerprint density at radius 2 is 2.30 bits per heavy atom. The van der Waals surface area contributed by atoms with Gasteiger partial charge < -0.3 is 9.53 Å². The topological polar surface area (TPSA) is 26.3 Å². The average molecular weight is 144 g/mol. The van der Waals surface area contributed by atoms with Gasteiger partial charge in [-0.1, -0.05) is 20.3 Å². The number of hydrogen-bond acceptors (Lipinski definition) is 2. The second kappa shape index (κ2) is 6.75. The van der Waals surface area contributed by atoms with E-state index in [2.05, 4.69) is 6.92 Å². The molecule has 0 saturated carbocycles. The van der Waals surface area contributed by atoms with Gasteiger partial charge in [0, 0.05) is 12.5 Å². The van der Waals surface area contributed by atoms with Crippen molar-refractivity contribution in [1.29, 1.82) is 0 Å². The molecule has 0 spiro atoms. The second-order valence-electron chi connectivity index (χ2n) is 2.54. The lowest BCUT2D eigenvalue weighted by Crippen LogP contribution is -2.07. The quantitative estimate of drug-likeness (QED) is 0.418. The smallest absolute Gasteiger partial charge is 0.125 e. The Kier molecular flexibility index (Phi) is 6.50. The van der Waals surface area contributed by atoms with Gasteiger partial charge in [-0.25, -0.2) is 0 Å². The van der Waals surface area contributed by atoms with Gasteiger partial charge in [-0.2, -0.15) is 0 Å². The van der Waals surface area contributed by atoms with E-state index in [1.807, 2.05) is 6.92 Å². The van der Waals surface area contributed by atoms with Crippen LogP contribution in [0.3, 0.4) is 0 Å². The van der Waals surface area contributed by atoms with Gasteiger partial charge >= 0.3 is 0 Å². The largest absolute Gasteiger partial charge is 0.381 e. The van der Waals surface area contributed by atoms with Gasteiger partial charge in [0.1, 0.15) is 6.29 Å². The highest BCUT2D eigenvalue weighted by Crippen LogP contribution is 1.93. The summed E-state index contributed by atoms with van der Waals surface area (Å²) < 4.78 is 5.20. The third kappa shape index (κ3) is 5.76. The number of carbonyl (C=O) groups excluding carboxylic acids is 1. The first-order valence-electron chi connectivity index (χ1n) is 3.84. The molecule has 0 aliphatic carbocycles. The van der Waals surface area contributed by atoms with Crippen molar-refractivity contribution < 1.29 is 9.53 Å². The molecule has 1 atom stereocenters. The van der Waals surface area contributed by atoms with Gasteiger partial charge in [0.05, 0.1) is 6.61 Å². The van der Waals surface area contributed by atoms with Crippen LogP contribution in [0.1, 0.15) is 26.7 Å². The van der Waals surface area contributed by atoms with E-state index < -0.39 is 0 Å². The molecule has 0 unspecified atom stereocenters. The zero-order valence-corrected chi connectivity index (χ0v) is 6.80. The number of aldehydes is 1. The van der Waals surface area contributed by atoms with Crippen LogP contribution in [0.5, 0.6) is 0 Å². The molecule has 2 heteroatoms. The molecule has 0 saturated heterocycles. The van der Waals surface area contributed by atoms with Crippen LogP contribution in [0.15, 0.2) is 0 Å². The fourth-order valence-corrected chi connectivity index (χ4v) is 0.555. The van der Waals surface area contributed by atoms with Crippen LogP contribution in [-0.2, 0) is 9.53 Å². The van der Waals surface area contributed by atoms with Crippen molar-refractivity contribution >= 4 is 6.29 Å². The number of carbonyl (C=O) groups is 1. The number of unbranched alkanes of at least 4 members (excludes halogenated alkanes) is 1. The van der Waals surface area contributed by atoms with E-state index in [-0.39, 0.29) is 5.92 Å². The number of hydrogen-bond donors (Lipinski definition) is 0. The van der Waals surface area contributed by atoms with Crippen molar-refractivity contribution in [3.8, 4) is 0 Å². The maximum Gasteiger partial charge on any atom is 0.125 e. The Morgan fingerprint density at radius 3 is 2.80 bits per heavy atom. The third-order valence-corrected chi connectivity index (χ3v) is 1.26. The fraction of sp³-hybridized carbons (Fsp3) is 0.875. The monoisotopic (exact) mass is 144 g/mol. The summed E-state index contributed by atoms with van der Waals surface area (Å²) in [5.74, 6) is 0.0526. The molecule has 0 aromatic heterocycles. The minimum Gasteiger partial charge on any atom is -0.381 e. The van der Waals surface area contributed by atoms with Crippen molar-refractivity contribution in [2.24, 2.45) is 5.92 Å². The molecule has 0 aromatic rings. The van der Waals surface area contributed by atoms with Crippen LogP contribution >= 0.6 is 0 Å². The molecule has 60 valence electrons. The van der Waals surface area contributed by atoms with E-state index in [0.29, 0.717) is 6.61 Å². The first-order chi connectivity index (χ1) is 4.81. The molecule has 0 amide bonds. The number of rotatable bonds is 6. The van der Waals surface area contributed by atoms with Crippen molar-refractivity contribution in [2.45, 2.75) is 26.7 Å². The van der Waals surface area contributed by atoms with Gasteiger partial charge in [0.15, 0.2) is 0 Å². The summed E-state index contributed by atoms with van der Waals surface area (Å²) in [4.78, 5) is 10.1. The zero-order valence-electron chi connectivity index (χ0n) is 6.80. The average Bonchev–Trinajstić information content (AvgIpc) is 1.98. The summed E-state index contributed by atoms with van der Waals surface area (Å²) in [6.07, 6.45) is 3.16. The Morgan fingerprint density at radius 1 is 1.60 bits per heavy atom. The second-order valence-corrected chi connectivity index (χ2v) is 2.54. The zero-order chi connectivity index (χ0) is 7.82. The minimum absolute atomic E-state index is 0.0526. The van der Waals surface area contributed by atoms with Crippen molar-refractivity contribution in [1.82, 2.24) is 0 Å². The van der Waals surface area contributed by atoms with Gasteiger partial charge in [-0.05, 0) is 6.42 Å². The first kappa shape index (κ1) is 9.63. The van der Waals surface area contributed by atoms with Crippen LogP contribution in [-0.4, -0.2) is 19.5 Å². The molecule has 0 heterocycles. The van der Waals surface area contributed by atoms with Crippen LogP contribution < -0.4 is 0 Å². The molecule has 0 aliphatic rings. The van der Waals surface area contributed by atoms with Crippen LogP contribution in [0.4, 0.5) is 0 Å². The van der Waals surface area contributed by atoms with Crippen LogP contribution in [0.2, 0.25) is 0 Å². The Labute approximate surface area is 62.6 Å². The molecule has 2 nitrogen and oxygen atoms in total. The lowest BCUT2D eigenvalue weighted by molar-refractivity contribution is -0.112. The maximum atomic E-state index is 10.1. The van der Waals surface area contributed by atoms with E-state index >= 15 is 0 Å². The van der Waals surface area contributed by atoms with Crippen LogP contribution in [0.25, 0.3) is 0 Å². The van der Waals surface area contributed by atoms with E-state index in [9.17, 15) is 4.79 Å². The molecule has 0 aromatic carbocycles. The summed E-state index contributed by atoms with van der Waals surface area (Å²) in [5, 5.41) is 0. The Hall–Kier alpha value is -0.370. The summed E-state index contributed by atoms with van der Waals surface area (Å²) in [6.45, 7) is 5.34. The molecule has 10 heavy (non-hydrogen) atoms. The summed E-state index contributed by atoms with van der Waals surface area (Å²) in [5.41, 5.74) is 0. The maximum absolute atomic E-state index is 10.1. The van der Waals surface area contributed by atoms with Crippen molar-refractivity contribution in [3.05, 3.63) is 0 Å². The number of ether oxygens (including phenoxy) is 1. The first-order valence-corrected chi connectivity index (χ1v) is 3.84. The Balaban J connectivity index is 2.95. The lowest BCUT2D eigenvalue weighted by atomic mass is 10.2. The highest BCUT2D eigenvalue weighted by molar-refractivity contribution is 5.52. The highest BCUT2D eigenvalue weighted by atomic mass is 16.5. The van der Waals surface area contributed by atoms with Gasteiger partial charge in [0.2, 0.25) is 0 Å². The molecule has 0 fully saturated rings. The highest BCUT2D eigenvalue weighted by Gasteiger charge is 1.97. The lowest BCUT2D eigenvalue weighted by Gasteiger charge is -2.03. The predicted molar refractivity (Wildman–Crippen MR) is 41.0 cm³/mol. The van der Waals surface area contributed by atoms with Gasteiger partial charge in [0.25, 0.3) is 0 Å². The van der Waals surface area contributed by atoms with E-state index in [0.717, 1.165) is 25.7 Å². The van der Waals surface area contributed by atoms with Crippen LogP contribution in [0, 0.1) is 5.92 Å². The van der Waals surface area contributed by atoms with Crippen molar-refractivity contribution in [3.63, 3.8) is 0 Å². The molecule has 0 N–H and O–H groups in total. The minimum atomic E-state index is 0.0526. The predicted octanol–water partition coefficient (Wildman–Crippen LogP) is 1.64. The van der Waals surface area contributed by atoms with E-state index in [1.54, 1.807) is 0 Å². The van der Waals surface area contributed by atoms with E-state index in [1.165, 1.54) is 0 Å². The van der Waals surface area contributed by atoms with E-state index in [4.69, 9.17) is 4.74 Å². The normalized spacial score (nSPS) is 13.0. The molecular weight excluding hydrogens is 128 g/mol. The Bertz CT molecular complexity index is 81.3. The molecule has 0 bridgehead atoms. The molecular formula is C8H16O2. The molecule has 0 aliphatic heterocycles. The van der Waals surface area contributed by atoms with Crippen molar-refractivity contribution in [2.75, 3.05) is 13.2 Å². The summed E-state index contributed by atoms with van der Waals surface area (Å²) in [6, 6.07) is 0. The molecule has 0 radical (unpaired) electrons.